The first kappa shape index (κ1) is 14.4. The molecular weight excluding hydrogens is 254 g/mol. The molecule has 1 aromatic rings. The molecule has 1 aromatic carbocycles. The Labute approximate surface area is 112 Å². The van der Waals surface area contributed by atoms with E-state index < -0.39 is 0 Å². The molecule has 0 fully saturated rings. The lowest BCUT2D eigenvalue weighted by molar-refractivity contribution is 0.316. The number of methoxy groups -OCH3 is 1. The Bertz CT molecular complexity index is 424. The second-order valence-electron chi connectivity index (χ2n) is 3.89. The second-order valence-corrected chi connectivity index (χ2v) is 4.30. The van der Waals surface area contributed by atoms with Crippen molar-refractivity contribution < 1.29 is 9.94 Å². The number of benzene rings is 1. The predicted octanol–water partition coefficient (Wildman–Crippen LogP) is 2.68. The van der Waals surface area contributed by atoms with Gasteiger partial charge in [-0.3, -0.25) is 0 Å². The van der Waals surface area contributed by atoms with E-state index in [1.807, 2.05) is 13.0 Å². The van der Waals surface area contributed by atoms with Crippen molar-refractivity contribution in [1.29, 1.82) is 0 Å². The Hall–Kier alpha value is -1.62. The molecule has 0 aliphatic carbocycles. The first-order valence-corrected chi connectivity index (χ1v) is 6.05. The average molecular weight is 272 g/mol. The second kappa shape index (κ2) is 6.96. The van der Waals surface area contributed by atoms with Gasteiger partial charge in [0.15, 0.2) is 0 Å². The zero-order valence-corrected chi connectivity index (χ0v) is 11.2. The minimum atomic E-state index is 0.0883. The monoisotopic (exact) mass is 271 g/mol. The van der Waals surface area contributed by atoms with Crippen LogP contribution in [0.25, 0.3) is 0 Å². The molecule has 0 radical (unpaired) electrons. The van der Waals surface area contributed by atoms with Gasteiger partial charge in [0.25, 0.3) is 0 Å². The summed E-state index contributed by atoms with van der Waals surface area (Å²) < 4.78 is 5.08. The van der Waals surface area contributed by atoms with Crippen molar-refractivity contribution in [2.75, 3.05) is 12.4 Å². The molecule has 0 aromatic heterocycles. The fraction of sp³-hybridized carbons (Fsp3) is 0.417. The van der Waals surface area contributed by atoms with Crippen molar-refractivity contribution in [1.82, 2.24) is 0 Å². The van der Waals surface area contributed by atoms with E-state index in [2.05, 4.69) is 10.5 Å². The maximum absolute atomic E-state index is 8.56. The van der Waals surface area contributed by atoms with E-state index in [4.69, 9.17) is 27.3 Å². The molecule has 18 heavy (non-hydrogen) atoms. The minimum absolute atomic E-state index is 0.0883. The summed E-state index contributed by atoms with van der Waals surface area (Å²) in [6.45, 7) is 2.02. The smallest absolute Gasteiger partial charge is 0.141 e. The van der Waals surface area contributed by atoms with Gasteiger partial charge >= 0.3 is 0 Å². The standard InChI is InChI=1S/C12H18ClN3O2/c1-3-8(7-12(14)16-17)15-9-4-5-11(18-2)10(13)6-9/h4-6,8,15,17H,3,7H2,1-2H3,(H2,14,16). The molecule has 100 valence electrons. The Morgan fingerprint density at radius 2 is 2.33 bits per heavy atom. The van der Waals surface area contributed by atoms with E-state index >= 15 is 0 Å². The fourth-order valence-corrected chi connectivity index (χ4v) is 1.84. The topological polar surface area (TPSA) is 79.9 Å². The fourth-order valence-electron chi connectivity index (χ4n) is 1.58. The molecule has 0 aliphatic heterocycles. The van der Waals surface area contributed by atoms with Crippen LogP contribution in [-0.4, -0.2) is 24.2 Å². The highest BCUT2D eigenvalue weighted by atomic mass is 35.5. The van der Waals surface area contributed by atoms with Gasteiger partial charge in [-0.05, 0) is 24.6 Å². The molecule has 0 bridgehead atoms. The third-order valence-electron chi connectivity index (χ3n) is 2.60. The number of ether oxygens (including phenoxy) is 1. The van der Waals surface area contributed by atoms with E-state index in [9.17, 15) is 0 Å². The number of hydrogen-bond acceptors (Lipinski definition) is 4. The van der Waals surface area contributed by atoms with Crippen molar-refractivity contribution in [3.8, 4) is 5.75 Å². The van der Waals surface area contributed by atoms with Crippen molar-refractivity contribution in [3.05, 3.63) is 23.2 Å². The van der Waals surface area contributed by atoms with Gasteiger partial charge in [0.2, 0.25) is 0 Å². The van der Waals surface area contributed by atoms with Crippen molar-refractivity contribution in [3.63, 3.8) is 0 Å². The van der Waals surface area contributed by atoms with Crippen LogP contribution in [-0.2, 0) is 0 Å². The molecule has 1 unspecified atom stereocenters. The lowest BCUT2D eigenvalue weighted by Crippen LogP contribution is -2.26. The predicted molar refractivity (Wildman–Crippen MR) is 73.7 cm³/mol. The van der Waals surface area contributed by atoms with Gasteiger partial charge in [-0.15, -0.1) is 0 Å². The van der Waals surface area contributed by atoms with Gasteiger partial charge in [0.05, 0.1) is 12.1 Å². The molecule has 0 saturated carbocycles. The third kappa shape index (κ3) is 4.00. The molecule has 0 amide bonds. The van der Waals surface area contributed by atoms with Gasteiger partial charge in [-0.2, -0.15) is 0 Å². The SMILES string of the molecule is CCC(CC(N)=NO)Nc1ccc(OC)c(Cl)c1. The summed E-state index contributed by atoms with van der Waals surface area (Å²) >= 11 is 6.04. The number of rotatable bonds is 6. The molecule has 6 heteroatoms. The number of halogens is 1. The highest BCUT2D eigenvalue weighted by Gasteiger charge is 2.10. The van der Waals surface area contributed by atoms with Crippen LogP contribution >= 0.6 is 11.6 Å². The molecule has 1 atom stereocenters. The zero-order chi connectivity index (χ0) is 13.5. The van der Waals surface area contributed by atoms with Crippen molar-refractivity contribution in [2.24, 2.45) is 10.9 Å². The molecule has 0 saturated heterocycles. The van der Waals surface area contributed by atoms with E-state index in [-0.39, 0.29) is 11.9 Å². The van der Waals surface area contributed by atoms with Crippen LogP contribution in [0.4, 0.5) is 5.69 Å². The average Bonchev–Trinajstić information content (AvgIpc) is 2.38. The first-order valence-electron chi connectivity index (χ1n) is 5.67. The molecule has 5 nitrogen and oxygen atoms in total. The van der Waals surface area contributed by atoms with Crippen LogP contribution in [0, 0.1) is 0 Å². The Morgan fingerprint density at radius 3 is 2.83 bits per heavy atom. The van der Waals surface area contributed by atoms with E-state index in [0.29, 0.717) is 17.2 Å². The number of oxime groups is 1. The van der Waals surface area contributed by atoms with E-state index in [1.165, 1.54) is 0 Å². The van der Waals surface area contributed by atoms with Gasteiger partial charge in [0, 0.05) is 18.2 Å². The van der Waals surface area contributed by atoms with Crippen LogP contribution in [0.1, 0.15) is 19.8 Å². The molecule has 0 spiro atoms. The quantitative estimate of drug-likeness (QED) is 0.322. The molecular formula is C12H18ClN3O2. The van der Waals surface area contributed by atoms with Crippen LogP contribution < -0.4 is 15.8 Å². The summed E-state index contributed by atoms with van der Waals surface area (Å²) in [5, 5.41) is 15.3. The lowest BCUT2D eigenvalue weighted by Gasteiger charge is -2.18. The summed E-state index contributed by atoms with van der Waals surface area (Å²) in [5.41, 5.74) is 6.37. The van der Waals surface area contributed by atoms with E-state index in [1.54, 1.807) is 19.2 Å². The molecule has 1 rings (SSSR count). The van der Waals surface area contributed by atoms with Crippen LogP contribution in [0.15, 0.2) is 23.4 Å². The van der Waals surface area contributed by atoms with Crippen molar-refractivity contribution >= 4 is 23.1 Å². The maximum atomic E-state index is 8.56. The van der Waals surface area contributed by atoms with Crippen LogP contribution in [0.5, 0.6) is 5.75 Å². The highest BCUT2D eigenvalue weighted by molar-refractivity contribution is 6.32. The zero-order valence-electron chi connectivity index (χ0n) is 10.5. The number of nitrogens with one attached hydrogen (secondary N) is 1. The highest BCUT2D eigenvalue weighted by Crippen LogP contribution is 2.27. The number of hydrogen-bond donors (Lipinski definition) is 3. The normalized spacial score (nSPS) is 13.2. The first-order chi connectivity index (χ1) is 8.60. The third-order valence-corrected chi connectivity index (χ3v) is 2.89. The lowest BCUT2D eigenvalue weighted by atomic mass is 10.1. The van der Waals surface area contributed by atoms with Gasteiger partial charge in [-0.25, -0.2) is 0 Å². The van der Waals surface area contributed by atoms with Crippen LogP contribution in [0.2, 0.25) is 5.02 Å². The number of amidine groups is 1. The van der Waals surface area contributed by atoms with Crippen molar-refractivity contribution in [2.45, 2.75) is 25.8 Å². The Kier molecular flexibility index (Phi) is 5.58. The summed E-state index contributed by atoms with van der Waals surface area (Å²) in [5.74, 6) is 0.834. The van der Waals surface area contributed by atoms with Crippen LogP contribution in [0.3, 0.4) is 0 Å². The summed E-state index contributed by atoms with van der Waals surface area (Å²) in [6.07, 6.45) is 1.32. The number of nitrogens with two attached hydrogens (primary N) is 1. The maximum Gasteiger partial charge on any atom is 0.141 e. The minimum Gasteiger partial charge on any atom is -0.495 e. The molecule has 0 heterocycles. The Morgan fingerprint density at radius 1 is 1.61 bits per heavy atom. The van der Waals surface area contributed by atoms with Gasteiger partial charge in [-0.1, -0.05) is 23.7 Å². The van der Waals surface area contributed by atoms with Gasteiger partial charge in [0.1, 0.15) is 11.6 Å². The number of anilines is 1. The molecule has 4 N–H and O–H groups in total. The largest absolute Gasteiger partial charge is 0.495 e. The van der Waals surface area contributed by atoms with E-state index in [0.717, 1.165) is 12.1 Å². The number of nitrogens with zero attached hydrogens (tertiary/aromatic N) is 1. The molecule has 0 aliphatic rings. The summed E-state index contributed by atoms with van der Waals surface area (Å²) in [4.78, 5) is 0. The Balaban J connectivity index is 2.73. The summed E-state index contributed by atoms with van der Waals surface area (Å²) in [6, 6.07) is 5.54. The van der Waals surface area contributed by atoms with Gasteiger partial charge < -0.3 is 21.0 Å². The summed E-state index contributed by atoms with van der Waals surface area (Å²) in [7, 11) is 1.57.